The molecule has 5 heteroatoms. The third-order valence-electron chi connectivity index (χ3n) is 3.70. The monoisotopic (exact) mass is 297 g/mol. The van der Waals surface area contributed by atoms with Crippen LogP contribution >= 0.6 is 12.4 Å². The molecular weight excluding hydrogens is 274 g/mol. The Bertz CT molecular complexity index is 409. The highest BCUT2D eigenvalue weighted by atomic mass is 35.5. The highest BCUT2D eigenvalue weighted by Crippen LogP contribution is 2.34. The van der Waals surface area contributed by atoms with E-state index in [0.29, 0.717) is 31.6 Å². The van der Waals surface area contributed by atoms with E-state index in [0.717, 1.165) is 5.56 Å². The maximum Gasteiger partial charge on any atom is 0.234 e. The first-order valence-corrected chi connectivity index (χ1v) is 6.91. The van der Waals surface area contributed by atoms with Gasteiger partial charge in [0, 0.05) is 19.1 Å². The van der Waals surface area contributed by atoms with Crippen molar-refractivity contribution in [2.24, 2.45) is 11.7 Å². The van der Waals surface area contributed by atoms with Gasteiger partial charge in [-0.05, 0) is 31.4 Å². The van der Waals surface area contributed by atoms with Gasteiger partial charge in [-0.25, -0.2) is 0 Å². The topological polar surface area (TPSA) is 58.4 Å². The van der Waals surface area contributed by atoms with E-state index in [9.17, 15) is 4.79 Å². The number of carbonyl (C=O) groups is 1. The van der Waals surface area contributed by atoms with Gasteiger partial charge in [0.15, 0.2) is 0 Å². The number of likely N-dealkylation sites (N-methyl/N-ethyl adjacent to an activating group) is 1. The van der Waals surface area contributed by atoms with Gasteiger partial charge in [0.25, 0.3) is 0 Å². The molecule has 1 aromatic rings. The van der Waals surface area contributed by atoms with Gasteiger partial charge >= 0.3 is 0 Å². The second-order valence-electron chi connectivity index (χ2n) is 5.32. The number of halogens is 1. The number of nitrogens with one attached hydrogen (secondary N) is 1. The number of amides is 1. The standard InChI is InChI=1S/C15H23N3O.ClH/c1-18(14(9-16)13-7-8-13)11-15(19)17-10-12-5-3-2-4-6-12;/h2-6,13-14H,7-11,16H2,1H3,(H,17,19);1H. The summed E-state index contributed by atoms with van der Waals surface area (Å²) < 4.78 is 0. The van der Waals surface area contributed by atoms with Crippen LogP contribution < -0.4 is 11.1 Å². The average Bonchev–Trinajstić information content (AvgIpc) is 3.23. The maximum atomic E-state index is 11.9. The minimum absolute atomic E-state index is 0. The summed E-state index contributed by atoms with van der Waals surface area (Å²) in [5.74, 6) is 0.752. The minimum Gasteiger partial charge on any atom is -0.351 e. The Morgan fingerprint density at radius 2 is 2.05 bits per heavy atom. The van der Waals surface area contributed by atoms with Crippen LogP contribution in [0, 0.1) is 5.92 Å². The number of hydrogen-bond acceptors (Lipinski definition) is 3. The van der Waals surface area contributed by atoms with Crippen LogP contribution in [0.2, 0.25) is 0 Å². The van der Waals surface area contributed by atoms with Gasteiger partial charge in [-0.2, -0.15) is 0 Å². The lowest BCUT2D eigenvalue weighted by Crippen LogP contribution is -2.44. The molecule has 2 rings (SSSR count). The van der Waals surface area contributed by atoms with E-state index in [1.807, 2.05) is 37.4 Å². The summed E-state index contributed by atoms with van der Waals surface area (Å²) in [6.07, 6.45) is 2.50. The molecule has 0 bridgehead atoms. The third-order valence-corrected chi connectivity index (χ3v) is 3.70. The van der Waals surface area contributed by atoms with Crippen LogP contribution in [0.15, 0.2) is 30.3 Å². The lowest BCUT2D eigenvalue weighted by Gasteiger charge is -2.26. The van der Waals surface area contributed by atoms with Gasteiger partial charge in [-0.3, -0.25) is 9.69 Å². The Hall–Kier alpha value is -1.10. The zero-order valence-electron chi connectivity index (χ0n) is 11.9. The lowest BCUT2D eigenvalue weighted by atomic mass is 10.1. The van der Waals surface area contributed by atoms with E-state index >= 15 is 0 Å². The molecule has 1 aliphatic carbocycles. The molecule has 0 saturated heterocycles. The fraction of sp³-hybridized carbons (Fsp3) is 0.533. The first-order chi connectivity index (χ1) is 9.20. The summed E-state index contributed by atoms with van der Waals surface area (Å²) in [6.45, 7) is 1.64. The molecule has 112 valence electrons. The van der Waals surface area contributed by atoms with Gasteiger partial charge in [0.05, 0.1) is 6.54 Å². The van der Waals surface area contributed by atoms with Crippen LogP contribution in [-0.4, -0.2) is 37.0 Å². The average molecular weight is 298 g/mol. The Balaban J connectivity index is 0.00000200. The molecule has 3 N–H and O–H groups in total. The van der Waals surface area contributed by atoms with Crippen molar-refractivity contribution >= 4 is 18.3 Å². The Morgan fingerprint density at radius 3 is 2.60 bits per heavy atom. The first kappa shape index (κ1) is 17.0. The lowest BCUT2D eigenvalue weighted by molar-refractivity contribution is -0.122. The maximum absolute atomic E-state index is 11.9. The van der Waals surface area contributed by atoms with Crippen LogP contribution in [0.25, 0.3) is 0 Å². The van der Waals surface area contributed by atoms with Crippen molar-refractivity contribution < 1.29 is 4.79 Å². The van der Waals surface area contributed by atoms with Crippen LogP contribution in [0.5, 0.6) is 0 Å². The van der Waals surface area contributed by atoms with Crippen molar-refractivity contribution in [1.29, 1.82) is 0 Å². The van der Waals surface area contributed by atoms with Gasteiger partial charge < -0.3 is 11.1 Å². The molecule has 0 aliphatic heterocycles. The first-order valence-electron chi connectivity index (χ1n) is 6.91. The summed E-state index contributed by atoms with van der Waals surface area (Å²) in [5, 5.41) is 2.95. The largest absolute Gasteiger partial charge is 0.351 e. The fourth-order valence-corrected chi connectivity index (χ4v) is 2.41. The zero-order chi connectivity index (χ0) is 13.7. The molecule has 0 aromatic heterocycles. The predicted molar refractivity (Wildman–Crippen MR) is 83.7 cm³/mol. The molecule has 0 radical (unpaired) electrons. The van der Waals surface area contributed by atoms with Crippen LogP contribution in [0.3, 0.4) is 0 Å². The summed E-state index contributed by atoms with van der Waals surface area (Å²) >= 11 is 0. The molecule has 0 heterocycles. The third kappa shape index (κ3) is 5.12. The number of nitrogens with zero attached hydrogens (tertiary/aromatic N) is 1. The van der Waals surface area contributed by atoms with E-state index in [1.54, 1.807) is 0 Å². The summed E-state index contributed by atoms with van der Waals surface area (Å²) in [7, 11) is 1.98. The Morgan fingerprint density at radius 1 is 1.40 bits per heavy atom. The van der Waals surface area contributed by atoms with Crippen molar-refractivity contribution in [2.75, 3.05) is 20.1 Å². The molecule has 20 heavy (non-hydrogen) atoms. The number of benzene rings is 1. The van der Waals surface area contributed by atoms with Gasteiger partial charge in [-0.15, -0.1) is 12.4 Å². The minimum atomic E-state index is 0. The predicted octanol–water partition coefficient (Wildman–Crippen LogP) is 1.39. The smallest absolute Gasteiger partial charge is 0.234 e. The molecule has 4 nitrogen and oxygen atoms in total. The number of rotatable bonds is 7. The highest BCUT2D eigenvalue weighted by Gasteiger charge is 2.33. The summed E-state index contributed by atoms with van der Waals surface area (Å²) in [5.41, 5.74) is 6.90. The molecule has 1 atom stereocenters. The number of hydrogen-bond donors (Lipinski definition) is 2. The second-order valence-corrected chi connectivity index (χ2v) is 5.32. The summed E-state index contributed by atoms with van der Waals surface area (Å²) in [4.78, 5) is 14.0. The van der Waals surface area contributed by atoms with E-state index in [4.69, 9.17) is 5.73 Å². The number of nitrogens with two attached hydrogens (primary N) is 1. The normalized spacial score (nSPS) is 15.6. The van der Waals surface area contributed by atoms with E-state index in [2.05, 4.69) is 10.2 Å². The van der Waals surface area contributed by atoms with Crippen molar-refractivity contribution in [3.63, 3.8) is 0 Å². The van der Waals surface area contributed by atoms with Gasteiger partial charge in [0.1, 0.15) is 0 Å². The Kier molecular flexibility index (Phi) is 6.99. The van der Waals surface area contributed by atoms with E-state index in [1.165, 1.54) is 12.8 Å². The molecule has 1 amide bonds. The second kappa shape index (κ2) is 8.25. The van der Waals surface area contributed by atoms with Gasteiger partial charge in [0.2, 0.25) is 5.91 Å². The summed E-state index contributed by atoms with van der Waals surface area (Å²) in [6, 6.07) is 10.3. The van der Waals surface area contributed by atoms with Gasteiger partial charge in [-0.1, -0.05) is 30.3 Å². The zero-order valence-corrected chi connectivity index (χ0v) is 12.7. The van der Waals surface area contributed by atoms with Crippen molar-refractivity contribution in [1.82, 2.24) is 10.2 Å². The highest BCUT2D eigenvalue weighted by molar-refractivity contribution is 5.85. The number of carbonyl (C=O) groups excluding carboxylic acids is 1. The molecule has 0 spiro atoms. The Labute approximate surface area is 127 Å². The van der Waals surface area contributed by atoms with E-state index < -0.39 is 0 Å². The van der Waals surface area contributed by atoms with Crippen LogP contribution in [0.1, 0.15) is 18.4 Å². The van der Waals surface area contributed by atoms with Crippen molar-refractivity contribution in [3.05, 3.63) is 35.9 Å². The molecule has 1 unspecified atom stereocenters. The fourth-order valence-electron chi connectivity index (χ4n) is 2.41. The molecule has 1 saturated carbocycles. The van der Waals surface area contributed by atoms with Crippen LogP contribution in [0.4, 0.5) is 0 Å². The molecular formula is C15H24ClN3O. The van der Waals surface area contributed by atoms with E-state index in [-0.39, 0.29) is 18.3 Å². The molecule has 1 aromatic carbocycles. The van der Waals surface area contributed by atoms with Crippen molar-refractivity contribution in [3.8, 4) is 0 Å². The van der Waals surface area contributed by atoms with Crippen molar-refractivity contribution in [2.45, 2.75) is 25.4 Å². The van der Waals surface area contributed by atoms with Crippen LogP contribution in [-0.2, 0) is 11.3 Å². The SMILES string of the molecule is CN(CC(=O)NCc1ccccc1)C(CN)C1CC1.Cl. The molecule has 1 fully saturated rings. The molecule has 1 aliphatic rings. The quantitative estimate of drug-likeness (QED) is 0.800.